The lowest BCUT2D eigenvalue weighted by Crippen LogP contribution is -2.47. The summed E-state index contributed by atoms with van der Waals surface area (Å²) in [6, 6.07) is 2.20. The summed E-state index contributed by atoms with van der Waals surface area (Å²) in [5.41, 5.74) is 0.195. The highest BCUT2D eigenvalue weighted by atomic mass is 35.5. The molecule has 0 aromatic heterocycles. The molecule has 0 aliphatic carbocycles. The lowest BCUT2D eigenvalue weighted by Gasteiger charge is -2.26. The number of carbonyl (C=O) groups is 2. The largest absolute Gasteiger partial charge is 0.480 e. The molecule has 0 spiro atoms. The number of halogens is 2. The van der Waals surface area contributed by atoms with E-state index < -0.39 is 23.9 Å². The van der Waals surface area contributed by atoms with Crippen LogP contribution in [0.3, 0.4) is 0 Å². The minimum Gasteiger partial charge on any atom is -0.480 e. The number of hydrogen-bond acceptors (Lipinski definition) is 3. The van der Waals surface area contributed by atoms with Crippen molar-refractivity contribution in [3.05, 3.63) is 29.0 Å². The molecule has 1 aliphatic rings. The van der Waals surface area contributed by atoms with E-state index in [4.69, 9.17) is 11.6 Å². The summed E-state index contributed by atoms with van der Waals surface area (Å²) >= 11 is 7.14. The summed E-state index contributed by atoms with van der Waals surface area (Å²) < 4.78 is 13.3. The molecule has 1 fully saturated rings. The standard InChI is InChI=1S/C13H14ClFN2O3S/c1-2-11-17(10(6-21-11)12(18)19)13(20)16-9-4-7(14)3-8(15)5-9/h3-5,10-11H,2,6H2,1H3,(H,16,20)(H,18,19). The van der Waals surface area contributed by atoms with Crippen molar-refractivity contribution in [3.63, 3.8) is 0 Å². The Morgan fingerprint density at radius 3 is 2.81 bits per heavy atom. The predicted octanol–water partition coefficient (Wildman–Crippen LogP) is 3.25. The van der Waals surface area contributed by atoms with Gasteiger partial charge in [0.25, 0.3) is 0 Å². The molecule has 0 saturated carbocycles. The van der Waals surface area contributed by atoms with Crippen molar-refractivity contribution in [2.75, 3.05) is 11.1 Å². The van der Waals surface area contributed by atoms with Crippen molar-refractivity contribution in [1.29, 1.82) is 0 Å². The minimum atomic E-state index is -1.05. The summed E-state index contributed by atoms with van der Waals surface area (Å²) in [5, 5.41) is 11.6. The normalized spacial score (nSPS) is 21.4. The van der Waals surface area contributed by atoms with Crippen molar-refractivity contribution >= 4 is 41.1 Å². The number of benzene rings is 1. The molecule has 21 heavy (non-hydrogen) atoms. The number of amides is 2. The van der Waals surface area contributed by atoms with Crippen molar-refractivity contribution in [2.45, 2.75) is 24.8 Å². The first kappa shape index (κ1) is 15.9. The molecule has 2 unspecified atom stereocenters. The Balaban J connectivity index is 2.18. The molecule has 2 amide bonds. The second-order valence-electron chi connectivity index (χ2n) is 4.55. The van der Waals surface area contributed by atoms with Gasteiger partial charge >= 0.3 is 12.0 Å². The first-order chi connectivity index (χ1) is 9.92. The van der Waals surface area contributed by atoms with Crippen LogP contribution < -0.4 is 5.32 Å². The second kappa shape index (κ2) is 6.53. The average Bonchev–Trinajstić information content (AvgIpc) is 2.81. The summed E-state index contributed by atoms with van der Waals surface area (Å²) in [7, 11) is 0. The fourth-order valence-corrected chi connectivity index (χ4v) is 3.72. The van der Waals surface area contributed by atoms with E-state index in [0.717, 1.165) is 12.1 Å². The van der Waals surface area contributed by atoms with Gasteiger partial charge in [0.2, 0.25) is 0 Å². The highest BCUT2D eigenvalue weighted by Gasteiger charge is 2.40. The van der Waals surface area contributed by atoms with E-state index in [-0.39, 0.29) is 16.1 Å². The van der Waals surface area contributed by atoms with Gasteiger partial charge in [-0.25, -0.2) is 14.0 Å². The quantitative estimate of drug-likeness (QED) is 0.891. The molecule has 8 heteroatoms. The molecule has 1 heterocycles. The first-order valence-electron chi connectivity index (χ1n) is 6.32. The zero-order chi connectivity index (χ0) is 15.6. The molecular weight excluding hydrogens is 319 g/mol. The number of carbonyl (C=O) groups excluding carboxylic acids is 1. The molecule has 2 atom stereocenters. The molecule has 114 valence electrons. The van der Waals surface area contributed by atoms with Crippen LogP contribution in [0, 0.1) is 5.82 Å². The number of carboxylic acids is 1. The number of aliphatic carboxylic acids is 1. The van der Waals surface area contributed by atoms with Gasteiger partial charge in [0.15, 0.2) is 0 Å². The Labute approximate surface area is 130 Å². The third-order valence-corrected chi connectivity index (χ3v) is 4.75. The van der Waals surface area contributed by atoms with Crippen LogP contribution in [0.4, 0.5) is 14.9 Å². The smallest absolute Gasteiger partial charge is 0.327 e. The fraction of sp³-hybridized carbons (Fsp3) is 0.385. The van der Waals surface area contributed by atoms with Crippen LogP contribution in [0.5, 0.6) is 0 Å². The van der Waals surface area contributed by atoms with Gasteiger partial charge in [-0.05, 0) is 24.6 Å². The van der Waals surface area contributed by atoms with Gasteiger partial charge in [-0.2, -0.15) is 0 Å². The van der Waals surface area contributed by atoms with Crippen LogP contribution in [0.15, 0.2) is 18.2 Å². The predicted molar refractivity (Wildman–Crippen MR) is 80.2 cm³/mol. The number of nitrogens with zero attached hydrogens (tertiary/aromatic N) is 1. The van der Waals surface area contributed by atoms with E-state index in [2.05, 4.69) is 5.32 Å². The van der Waals surface area contributed by atoms with Crippen molar-refractivity contribution in [1.82, 2.24) is 4.90 Å². The SMILES string of the molecule is CCC1SCC(C(=O)O)N1C(=O)Nc1cc(F)cc(Cl)c1. The number of thioether (sulfide) groups is 1. The monoisotopic (exact) mass is 332 g/mol. The van der Waals surface area contributed by atoms with Crippen molar-refractivity contribution in [3.8, 4) is 0 Å². The molecule has 2 N–H and O–H groups in total. The molecule has 5 nitrogen and oxygen atoms in total. The number of anilines is 1. The van der Waals surface area contributed by atoms with Crippen molar-refractivity contribution in [2.24, 2.45) is 0 Å². The maximum atomic E-state index is 13.3. The van der Waals surface area contributed by atoms with Crippen LogP contribution in [-0.2, 0) is 4.79 Å². The molecular formula is C13H14ClFN2O3S. The highest BCUT2D eigenvalue weighted by Crippen LogP contribution is 2.32. The Kier molecular flexibility index (Phi) is 4.95. The Bertz CT molecular complexity index is 552. The first-order valence-corrected chi connectivity index (χ1v) is 7.75. The second-order valence-corrected chi connectivity index (χ2v) is 6.19. The molecule has 1 aliphatic heterocycles. The van der Waals surface area contributed by atoms with Crippen LogP contribution >= 0.6 is 23.4 Å². The highest BCUT2D eigenvalue weighted by molar-refractivity contribution is 8.00. The number of carboxylic acid groups (broad SMARTS) is 1. The maximum Gasteiger partial charge on any atom is 0.327 e. The van der Waals surface area contributed by atoms with E-state index in [0.29, 0.717) is 12.2 Å². The zero-order valence-corrected chi connectivity index (χ0v) is 12.7. The van der Waals surface area contributed by atoms with Gasteiger partial charge < -0.3 is 10.4 Å². The summed E-state index contributed by atoms with van der Waals surface area (Å²) in [4.78, 5) is 24.8. The number of rotatable bonds is 3. The zero-order valence-electron chi connectivity index (χ0n) is 11.2. The van der Waals surface area contributed by atoms with Crippen LogP contribution in [0.2, 0.25) is 5.02 Å². The number of hydrogen-bond donors (Lipinski definition) is 2. The minimum absolute atomic E-state index is 0.155. The van der Waals surface area contributed by atoms with E-state index in [1.807, 2.05) is 6.92 Å². The molecule has 0 radical (unpaired) electrons. The third-order valence-electron chi connectivity index (χ3n) is 3.08. The molecule has 0 bridgehead atoms. The Hall–Kier alpha value is -1.47. The fourth-order valence-electron chi connectivity index (χ4n) is 2.15. The van der Waals surface area contributed by atoms with Gasteiger partial charge in [0.05, 0.1) is 5.37 Å². The topological polar surface area (TPSA) is 69.6 Å². The van der Waals surface area contributed by atoms with Crippen LogP contribution in [-0.4, -0.2) is 39.2 Å². The van der Waals surface area contributed by atoms with Gasteiger partial charge in [-0.15, -0.1) is 11.8 Å². The molecule has 1 aromatic rings. The van der Waals surface area contributed by atoms with E-state index in [9.17, 15) is 19.1 Å². The molecule has 1 aromatic carbocycles. The van der Waals surface area contributed by atoms with E-state index in [1.54, 1.807) is 0 Å². The summed E-state index contributed by atoms with van der Waals surface area (Å²) in [6.07, 6.45) is 0.631. The Morgan fingerprint density at radius 1 is 1.52 bits per heavy atom. The van der Waals surface area contributed by atoms with Crippen molar-refractivity contribution < 1.29 is 19.1 Å². The third kappa shape index (κ3) is 3.59. The molecule has 1 saturated heterocycles. The van der Waals surface area contributed by atoms with Gasteiger partial charge in [-0.3, -0.25) is 4.90 Å². The number of urea groups is 1. The van der Waals surface area contributed by atoms with Crippen LogP contribution in [0.1, 0.15) is 13.3 Å². The van der Waals surface area contributed by atoms with Gasteiger partial charge in [0, 0.05) is 16.5 Å². The van der Waals surface area contributed by atoms with E-state index >= 15 is 0 Å². The lowest BCUT2D eigenvalue weighted by molar-refractivity contribution is -0.141. The Morgan fingerprint density at radius 2 is 2.24 bits per heavy atom. The van der Waals surface area contributed by atoms with Gasteiger partial charge in [-0.1, -0.05) is 18.5 Å². The summed E-state index contributed by atoms with van der Waals surface area (Å²) in [5.74, 6) is -1.29. The maximum absolute atomic E-state index is 13.3. The summed E-state index contributed by atoms with van der Waals surface area (Å²) in [6.45, 7) is 1.88. The van der Waals surface area contributed by atoms with E-state index in [1.165, 1.54) is 22.7 Å². The molecule has 2 rings (SSSR count). The van der Waals surface area contributed by atoms with Gasteiger partial charge in [0.1, 0.15) is 11.9 Å². The average molecular weight is 333 g/mol. The lowest BCUT2D eigenvalue weighted by atomic mass is 10.2. The number of nitrogens with one attached hydrogen (secondary N) is 1. The van der Waals surface area contributed by atoms with Crippen LogP contribution in [0.25, 0.3) is 0 Å².